The first kappa shape index (κ1) is 14.6. The van der Waals surface area contributed by atoms with Gasteiger partial charge in [0.05, 0.1) is 13.2 Å². The standard InChI is InChI=1S/C16H21N5O2/c1-11-3-13(4-12(2)19-11)20-5-15-16(6-20)23-8-14(7-22-15)21-10-17-9-18-21/h3-4,9-10,14-16H,5-8H2,1-2H3/t15-,16-/m0/s1. The molecule has 23 heavy (non-hydrogen) atoms. The van der Waals surface area contributed by atoms with Gasteiger partial charge in [0.25, 0.3) is 0 Å². The maximum atomic E-state index is 6.10. The molecule has 4 rings (SSSR count). The Kier molecular flexibility index (Phi) is 3.74. The van der Waals surface area contributed by atoms with Crippen LogP contribution in [0.3, 0.4) is 0 Å². The Hall–Kier alpha value is -1.99. The Morgan fingerprint density at radius 2 is 1.70 bits per heavy atom. The SMILES string of the molecule is Cc1cc(N2C[C@@H]3OCC(n4cncn4)CO[C@H]3C2)cc(C)n1. The third-order valence-corrected chi connectivity index (χ3v) is 4.46. The Labute approximate surface area is 135 Å². The molecule has 0 saturated carbocycles. The molecule has 2 aliphatic rings. The second-order valence-electron chi connectivity index (χ2n) is 6.29. The first-order valence-corrected chi connectivity index (χ1v) is 7.96. The first-order chi connectivity index (χ1) is 11.2. The number of anilines is 1. The average Bonchev–Trinajstić information content (AvgIpc) is 3.14. The van der Waals surface area contributed by atoms with Gasteiger partial charge in [0, 0.05) is 30.2 Å². The molecule has 0 bridgehead atoms. The molecule has 7 nitrogen and oxygen atoms in total. The third-order valence-electron chi connectivity index (χ3n) is 4.46. The number of rotatable bonds is 2. The van der Waals surface area contributed by atoms with Gasteiger partial charge in [0.15, 0.2) is 0 Å². The van der Waals surface area contributed by atoms with Crippen LogP contribution in [0.5, 0.6) is 0 Å². The molecule has 2 atom stereocenters. The second-order valence-corrected chi connectivity index (χ2v) is 6.29. The van der Waals surface area contributed by atoms with E-state index in [1.807, 2.05) is 18.5 Å². The van der Waals surface area contributed by atoms with Crippen molar-refractivity contribution in [3.05, 3.63) is 36.2 Å². The van der Waals surface area contributed by atoms with Gasteiger partial charge >= 0.3 is 0 Å². The van der Waals surface area contributed by atoms with Crippen LogP contribution in [0, 0.1) is 13.8 Å². The molecule has 0 aliphatic carbocycles. The summed E-state index contributed by atoms with van der Waals surface area (Å²) >= 11 is 0. The molecule has 0 aromatic carbocycles. The zero-order valence-corrected chi connectivity index (χ0v) is 13.4. The monoisotopic (exact) mass is 315 g/mol. The van der Waals surface area contributed by atoms with E-state index in [2.05, 4.69) is 32.1 Å². The summed E-state index contributed by atoms with van der Waals surface area (Å²) in [6.45, 7) is 6.95. The number of ether oxygens (including phenoxy) is 2. The van der Waals surface area contributed by atoms with Gasteiger partial charge in [-0.25, -0.2) is 9.67 Å². The molecule has 0 N–H and O–H groups in total. The van der Waals surface area contributed by atoms with E-state index in [1.165, 1.54) is 5.69 Å². The fraction of sp³-hybridized carbons (Fsp3) is 0.562. The third kappa shape index (κ3) is 2.94. The van der Waals surface area contributed by atoms with Crippen LogP contribution in [0.4, 0.5) is 5.69 Å². The Balaban J connectivity index is 1.45. The van der Waals surface area contributed by atoms with E-state index in [0.29, 0.717) is 13.2 Å². The number of aromatic nitrogens is 4. The number of aryl methyl sites for hydroxylation is 2. The van der Waals surface area contributed by atoms with Gasteiger partial charge in [-0.15, -0.1) is 0 Å². The molecule has 2 aromatic rings. The summed E-state index contributed by atoms with van der Waals surface area (Å²) in [5.74, 6) is 0. The highest BCUT2D eigenvalue weighted by molar-refractivity contribution is 5.49. The fourth-order valence-electron chi connectivity index (χ4n) is 3.35. The Morgan fingerprint density at radius 3 is 2.26 bits per heavy atom. The van der Waals surface area contributed by atoms with E-state index in [1.54, 1.807) is 12.7 Å². The van der Waals surface area contributed by atoms with Gasteiger partial charge in [-0.3, -0.25) is 4.98 Å². The molecule has 0 unspecified atom stereocenters. The van der Waals surface area contributed by atoms with E-state index < -0.39 is 0 Å². The molecule has 2 fully saturated rings. The highest BCUT2D eigenvalue weighted by Gasteiger charge is 2.38. The predicted molar refractivity (Wildman–Crippen MR) is 84.5 cm³/mol. The van der Waals surface area contributed by atoms with Crippen LogP contribution in [0.25, 0.3) is 0 Å². The van der Waals surface area contributed by atoms with E-state index in [0.717, 1.165) is 24.5 Å². The van der Waals surface area contributed by atoms with Crippen molar-refractivity contribution in [1.29, 1.82) is 0 Å². The maximum Gasteiger partial charge on any atom is 0.137 e. The summed E-state index contributed by atoms with van der Waals surface area (Å²) in [5.41, 5.74) is 3.28. The molecule has 0 radical (unpaired) electrons. The van der Waals surface area contributed by atoms with E-state index in [9.17, 15) is 0 Å². The van der Waals surface area contributed by atoms with Crippen molar-refractivity contribution in [2.75, 3.05) is 31.2 Å². The molecular formula is C16H21N5O2. The van der Waals surface area contributed by atoms with Gasteiger partial charge < -0.3 is 14.4 Å². The summed E-state index contributed by atoms with van der Waals surface area (Å²) < 4.78 is 14.0. The number of pyridine rings is 1. The summed E-state index contributed by atoms with van der Waals surface area (Å²) in [5, 5.41) is 4.19. The van der Waals surface area contributed by atoms with Gasteiger partial charge in [0.1, 0.15) is 30.9 Å². The Morgan fingerprint density at radius 1 is 1.04 bits per heavy atom. The lowest BCUT2D eigenvalue weighted by Gasteiger charge is -2.21. The number of hydrogen-bond acceptors (Lipinski definition) is 6. The van der Waals surface area contributed by atoms with Crippen molar-refractivity contribution < 1.29 is 9.47 Å². The van der Waals surface area contributed by atoms with Gasteiger partial charge in [-0.1, -0.05) is 0 Å². The van der Waals surface area contributed by atoms with Crippen LogP contribution >= 0.6 is 0 Å². The van der Waals surface area contributed by atoms with Crippen molar-refractivity contribution in [2.45, 2.75) is 32.1 Å². The number of hydrogen-bond donors (Lipinski definition) is 0. The van der Waals surface area contributed by atoms with Crippen molar-refractivity contribution in [1.82, 2.24) is 19.7 Å². The van der Waals surface area contributed by atoms with Crippen LogP contribution in [0.1, 0.15) is 17.4 Å². The lowest BCUT2D eigenvalue weighted by atomic mass is 10.2. The minimum Gasteiger partial charge on any atom is -0.371 e. The van der Waals surface area contributed by atoms with E-state index in [-0.39, 0.29) is 18.2 Å². The molecule has 2 saturated heterocycles. The van der Waals surface area contributed by atoms with Gasteiger partial charge in [0.2, 0.25) is 0 Å². The van der Waals surface area contributed by atoms with Crippen LogP contribution in [0.2, 0.25) is 0 Å². The molecule has 0 spiro atoms. The smallest absolute Gasteiger partial charge is 0.137 e. The topological polar surface area (TPSA) is 65.3 Å². The van der Waals surface area contributed by atoms with Crippen LogP contribution in [0.15, 0.2) is 24.8 Å². The highest BCUT2D eigenvalue weighted by Crippen LogP contribution is 2.28. The lowest BCUT2D eigenvalue weighted by Crippen LogP contribution is -2.27. The molecule has 2 aromatic heterocycles. The average molecular weight is 315 g/mol. The van der Waals surface area contributed by atoms with E-state index >= 15 is 0 Å². The van der Waals surface area contributed by atoms with Crippen LogP contribution in [-0.4, -0.2) is 58.3 Å². The minimum atomic E-state index is 0.0947. The molecule has 7 heteroatoms. The maximum absolute atomic E-state index is 6.10. The summed E-state index contributed by atoms with van der Waals surface area (Å²) in [7, 11) is 0. The van der Waals surface area contributed by atoms with Crippen molar-refractivity contribution in [2.24, 2.45) is 0 Å². The molecule has 4 heterocycles. The largest absolute Gasteiger partial charge is 0.371 e. The summed E-state index contributed by atoms with van der Waals surface area (Å²) in [4.78, 5) is 10.8. The van der Waals surface area contributed by atoms with Crippen LogP contribution in [-0.2, 0) is 9.47 Å². The normalized spacial score (nSPS) is 25.4. The fourth-order valence-corrected chi connectivity index (χ4v) is 3.35. The number of fused-ring (bicyclic) bond motifs is 1. The quantitative estimate of drug-likeness (QED) is 0.828. The summed E-state index contributed by atoms with van der Waals surface area (Å²) in [6, 6.07) is 4.34. The Bertz CT molecular complexity index is 639. The van der Waals surface area contributed by atoms with E-state index in [4.69, 9.17) is 9.47 Å². The van der Waals surface area contributed by atoms with Crippen molar-refractivity contribution in [3.63, 3.8) is 0 Å². The minimum absolute atomic E-state index is 0.0947. The summed E-state index contributed by atoms with van der Waals surface area (Å²) in [6.07, 6.45) is 3.45. The van der Waals surface area contributed by atoms with Crippen molar-refractivity contribution >= 4 is 5.69 Å². The van der Waals surface area contributed by atoms with Crippen molar-refractivity contribution in [3.8, 4) is 0 Å². The zero-order valence-electron chi connectivity index (χ0n) is 13.4. The molecule has 2 aliphatic heterocycles. The lowest BCUT2D eigenvalue weighted by molar-refractivity contribution is -0.00461. The molecule has 122 valence electrons. The second kappa shape index (κ2) is 5.90. The van der Waals surface area contributed by atoms with Gasteiger partial charge in [-0.05, 0) is 26.0 Å². The van der Waals surface area contributed by atoms with Crippen LogP contribution < -0.4 is 4.90 Å². The highest BCUT2D eigenvalue weighted by atomic mass is 16.6. The molecular weight excluding hydrogens is 294 g/mol. The zero-order chi connectivity index (χ0) is 15.8. The predicted octanol–water partition coefficient (Wildman–Crippen LogP) is 1.14. The van der Waals surface area contributed by atoms with Gasteiger partial charge in [-0.2, -0.15) is 5.10 Å². The molecule has 0 amide bonds. The number of nitrogens with zero attached hydrogens (tertiary/aromatic N) is 5. The first-order valence-electron chi connectivity index (χ1n) is 7.96.